The standard InChI is InChI=1S/C11H23NO2S/c1-11(7-13,8-14)6-12-9-4-3-5-10(9)15-2/h9-10,12-14H,3-8H2,1-2H3. The van der Waals surface area contributed by atoms with Crippen LogP contribution in [0.15, 0.2) is 0 Å². The van der Waals surface area contributed by atoms with Gasteiger partial charge in [-0.25, -0.2) is 0 Å². The lowest BCUT2D eigenvalue weighted by atomic mass is 9.92. The van der Waals surface area contributed by atoms with E-state index in [1.165, 1.54) is 19.3 Å². The highest BCUT2D eigenvalue weighted by Gasteiger charge is 2.29. The smallest absolute Gasteiger partial charge is 0.0518 e. The molecule has 3 N–H and O–H groups in total. The van der Waals surface area contributed by atoms with E-state index in [1.807, 2.05) is 18.7 Å². The van der Waals surface area contributed by atoms with Gasteiger partial charge in [-0.15, -0.1) is 0 Å². The predicted molar refractivity (Wildman–Crippen MR) is 65.2 cm³/mol. The zero-order chi connectivity index (χ0) is 11.3. The number of aliphatic hydroxyl groups excluding tert-OH is 2. The number of nitrogens with one attached hydrogen (secondary N) is 1. The lowest BCUT2D eigenvalue weighted by Gasteiger charge is -2.28. The van der Waals surface area contributed by atoms with Gasteiger partial charge in [0.2, 0.25) is 0 Å². The average molecular weight is 233 g/mol. The normalized spacial score (nSPS) is 27.2. The molecule has 0 bridgehead atoms. The van der Waals surface area contributed by atoms with Crippen molar-refractivity contribution >= 4 is 11.8 Å². The van der Waals surface area contributed by atoms with Crippen LogP contribution in [0.3, 0.4) is 0 Å². The molecule has 0 saturated heterocycles. The third-order valence-electron chi connectivity index (χ3n) is 3.31. The minimum Gasteiger partial charge on any atom is -0.396 e. The summed E-state index contributed by atoms with van der Waals surface area (Å²) < 4.78 is 0. The summed E-state index contributed by atoms with van der Waals surface area (Å²) in [5, 5.41) is 22.5. The maximum atomic E-state index is 9.18. The Morgan fingerprint density at radius 2 is 2.00 bits per heavy atom. The van der Waals surface area contributed by atoms with Gasteiger partial charge in [-0.2, -0.15) is 11.8 Å². The summed E-state index contributed by atoms with van der Waals surface area (Å²) in [6.07, 6.45) is 5.95. The minimum absolute atomic E-state index is 0.0349. The van der Waals surface area contributed by atoms with E-state index < -0.39 is 0 Å². The van der Waals surface area contributed by atoms with Crippen LogP contribution in [0.5, 0.6) is 0 Å². The number of rotatable bonds is 6. The summed E-state index contributed by atoms with van der Waals surface area (Å²) in [4.78, 5) is 0. The number of thioether (sulfide) groups is 1. The van der Waals surface area contributed by atoms with Crippen molar-refractivity contribution < 1.29 is 10.2 Å². The van der Waals surface area contributed by atoms with Crippen molar-refractivity contribution in [2.24, 2.45) is 5.41 Å². The van der Waals surface area contributed by atoms with Gasteiger partial charge in [0.15, 0.2) is 0 Å². The Hall–Kier alpha value is 0.230. The van der Waals surface area contributed by atoms with Crippen molar-refractivity contribution in [3.05, 3.63) is 0 Å². The zero-order valence-corrected chi connectivity index (χ0v) is 10.5. The molecular weight excluding hydrogens is 210 g/mol. The van der Waals surface area contributed by atoms with Gasteiger partial charge in [-0.05, 0) is 19.1 Å². The number of aliphatic hydroxyl groups is 2. The molecule has 0 aromatic carbocycles. The van der Waals surface area contributed by atoms with Crippen molar-refractivity contribution in [1.29, 1.82) is 0 Å². The fourth-order valence-electron chi connectivity index (χ4n) is 1.98. The van der Waals surface area contributed by atoms with Crippen LogP contribution in [0, 0.1) is 5.41 Å². The first-order valence-electron chi connectivity index (χ1n) is 5.63. The highest BCUT2D eigenvalue weighted by Crippen LogP contribution is 2.28. The van der Waals surface area contributed by atoms with E-state index in [-0.39, 0.29) is 18.6 Å². The Morgan fingerprint density at radius 3 is 2.53 bits per heavy atom. The molecule has 0 aromatic heterocycles. The van der Waals surface area contributed by atoms with E-state index in [0.29, 0.717) is 17.8 Å². The third kappa shape index (κ3) is 3.63. The summed E-state index contributed by atoms with van der Waals surface area (Å²) >= 11 is 1.92. The van der Waals surface area contributed by atoms with Gasteiger partial charge in [-0.3, -0.25) is 0 Å². The second-order valence-corrected chi connectivity index (χ2v) is 5.90. The van der Waals surface area contributed by atoms with Crippen LogP contribution in [-0.4, -0.2) is 47.5 Å². The Bertz CT molecular complexity index is 185. The SMILES string of the molecule is CSC1CCCC1NCC(C)(CO)CO. The molecule has 90 valence electrons. The molecule has 0 aromatic rings. The van der Waals surface area contributed by atoms with Crippen LogP contribution in [0.4, 0.5) is 0 Å². The second kappa shape index (κ2) is 6.09. The molecule has 0 spiro atoms. The molecular formula is C11H23NO2S. The molecule has 1 saturated carbocycles. The van der Waals surface area contributed by atoms with Crippen molar-refractivity contribution in [2.45, 2.75) is 37.5 Å². The molecule has 2 unspecified atom stereocenters. The van der Waals surface area contributed by atoms with E-state index in [0.717, 1.165) is 0 Å². The fourth-order valence-corrected chi connectivity index (χ4v) is 2.94. The van der Waals surface area contributed by atoms with E-state index in [9.17, 15) is 10.2 Å². The molecule has 4 heteroatoms. The maximum Gasteiger partial charge on any atom is 0.0518 e. The zero-order valence-electron chi connectivity index (χ0n) is 9.70. The van der Waals surface area contributed by atoms with Crippen LogP contribution in [-0.2, 0) is 0 Å². The van der Waals surface area contributed by atoms with Crippen LogP contribution >= 0.6 is 11.8 Å². The first-order chi connectivity index (χ1) is 7.15. The molecule has 1 aliphatic rings. The van der Waals surface area contributed by atoms with Gasteiger partial charge in [0.1, 0.15) is 0 Å². The summed E-state index contributed by atoms with van der Waals surface area (Å²) in [7, 11) is 0. The van der Waals surface area contributed by atoms with E-state index in [1.54, 1.807) is 0 Å². The third-order valence-corrected chi connectivity index (χ3v) is 4.48. The average Bonchev–Trinajstić information content (AvgIpc) is 2.73. The van der Waals surface area contributed by atoms with Gasteiger partial charge < -0.3 is 15.5 Å². The molecule has 0 aliphatic heterocycles. The fraction of sp³-hybridized carbons (Fsp3) is 1.00. The van der Waals surface area contributed by atoms with Crippen LogP contribution in [0.25, 0.3) is 0 Å². The van der Waals surface area contributed by atoms with Gasteiger partial charge in [-0.1, -0.05) is 13.3 Å². The van der Waals surface area contributed by atoms with Crippen LogP contribution in [0.1, 0.15) is 26.2 Å². The molecule has 1 aliphatic carbocycles. The molecule has 0 radical (unpaired) electrons. The topological polar surface area (TPSA) is 52.5 Å². The van der Waals surface area contributed by atoms with Gasteiger partial charge in [0, 0.05) is 23.3 Å². The second-order valence-electron chi connectivity index (χ2n) is 4.82. The number of hydrogen-bond donors (Lipinski definition) is 3. The summed E-state index contributed by atoms with van der Waals surface area (Å²) in [6, 6.07) is 0.553. The Balaban J connectivity index is 2.35. The maximum absolute atomic E-state index is 9.18. The monoisotopic (exact) mass is 233 g/mol. The highest BCUT2D eigenvalue weighted by molar-refractivity contribution is 7.99. The van der Waals surface area contributed by atoms with Gasteiger partial charge >= 0.3 is 0 Å². The Labute approximate surface area is 96.6 Å². The summed E-state index contributed by atoms with van der Waals surface area (Å²) in [5.74, 6) is 0. The quantitative estimate of drug-likeness (QED) is 0.637. The van der Waals surface area contributed by atoms with Crippen LogP contribution in [0.2, 0.25) is 0 Å². The first-order valence-corrected chi connectivity index (χ1v) is 6.92. The molecule has 1 rings (SSSR count). The molecule has 3 nitrogen and oxygen atoms in total. The molecule has 0 amide bonds. The molecule has 0 heterocycles. The van der Waals surface area contributed by atoms with Crippen molar-refractivity contribution in [3.63, 3.8) is 0 Å². The van der Waals surface area contributed by atoms with Crippen molar-refractivity contribution in [1.82, 2.24) is 5.32 Å². The molecule has 2 atom stereocenters. The molecule has 15 heavy (non-hydrogen) atoms. The van der Waals surface area contributed by atoms with E-state index in [2.05, 4.69) is 11.6 Å². The Kier molecular flexibility index (Phi) is 5.39. The van der Waals surface area contributed by atoms with Crippen LogP contribution < -0.4 is 5.32 Å². The lowest BCUT2D eigenvalue weighted by molar-refractivity contribution is 0.0676. The van der Waals surface area contributed by atoms with Crippen molar-refractivity contribution in [3.8, 4) is 0 Å². The van der Waals surface area contributed by atoms with Gasteiger partial charge in [0.25, 0.3) is 0 Å². The summed E-state index contributed by atoms with van der Waals surface area (Å²) in [6.45, 7) is 2.67. The highest BCUT2D eigenvalue weighted by atomic mass is 32.2. The largest absolute Gasteiger partial charge is 0.396 e. The van der Waals surface area contributed by atoms with E-state index >= 15 is 0 Å². The van der Waals surface area contributed by atoms with Gasteiger partial charge in [0.05, 0.1) is 13.2 Å². The summed E-state index contributed by atoms with van der Waals surface area (Å²) in [5.41, 5.74) is -0.383. The van der Waals surface area contributed by atoms with Crippen molar-refractivity contribution in [2.75, 3.05) is 26.0 Å². The van der Waals surface area contributed by atoms with E-state index in [4.69, 9.17) is 0 Å². The lowest BCUT2D eigenvalue weighted by Crippen LogP contribution is -2.44. The Morgan fingerprint density at radius 1 is 1.33 bits per heavy atom. The number of hydrogen-bond acceptors (Lipinski definition) is 4. The minimum atomic E-state index is -0.383. The molecule has 1 fully saturated rings. The first kappa shape index (κ1) is 13.3. The predicted octanol–water partition coefficient (Wildman–Crippen LogP) is 0.851.